The number of aliphatic hydroxyl groups excluding tert-OH is 1. The molecule has 184 valence electrons. The van der Waals surface area contributed by atoms with Gasteiger partial charge in [-0.05, 0) is 29.8 Å². The lowest BCUT2D eigenvalue weighted by atomic mass is 9.92. The van der Waals surface area contributed by atoms with Gasteiger partial charge in [0.05, 0.1) is 42.7 Å². The third-order valence-corrected chi connectivity index (χ3v) is 6.67. The van der Waals surface area contributed by atoms with Gasteiger partial charge in [-0.15, -0.1) is 0 Å². The molecule has 2 aliphatic heterocycles. The Morgan fingerprint density at radius 1 is 0.833 bits per heavy atom. The van der Waals surface area contributed by atoms with Crippen LogP contribution in [0, 0.1) is 5.92 Å². The van der Waals surface area contributed by atoms with Crippen LogP contribution in [0.3, 0.4) is 0 Å². The fourth-order valence-electron chi connectivity index (χ4n) is 4.88. The molecule has 3 aromatic carbocycles. The molecule has 2 heterocycles. The fraction of sp³-hybridized carbons (Fsp3) is 0.241. The van der Waals surface area contributed by atoms with Crippen molar-refractivity contribution in [2.45, 2.75) is 24.8 Å². The number of benzene rings is 3. The number of hydrogen-bond donors (Lipinski definition) is 1. The number of rotatable bonds is 8. The minimum Gasteiger partial charge on any atom is -0.389 e. The van der Waals surface area contributed by atoms with Crippen LogP contribution in [0.2, 0.25) is 0 Å². The number of amides is 2. The first-order valence-corrected chi connectivity index (χ1v) is 12.0. The van der Waals surface area contributed by atoms with Crippen LogP contribution in [0.1, 0.15) is 5.56 Å². The molecule has 4 atom stereocenters. The Labute approximate surface area is 210 Å². The molecular formula is C29H29N3O4. The first kappa shape index (κ1) is 23.9. The van der Waals surface area contributed by atoms with E-state index in [2.05, 4.69) is 0 Å². The largest absolute Gasteiger partial charge is 0.389 e. The van der Waals surface area contributed by atoms with Gasteiger partial charge < -0.3 is 9.84 Å². The number of ether oxygens (including phenoxy) is 1. The van der Waals surface area contributed by atoms with Crippen molar-refractivity contribution in [3.05, 3.63) is 109 Å². The number of para-hydroxylation sites is 2. The lowest BCUT2D eigenvalue weighted by Crippen LogP contribution is -2.61. The molecule has 2 aliphatic rings. The summed E-state index contributed by atoms with van der Waals surface area (Å²) < 4.78 is 5.86. The summed E-state index contributed by atoms with van der Waals surface area (Å²) in [4.78, 5) is 27.5. The maximum Gasteiger partial charge on any atom is 0.249 e. The maximum absolute atomic E-state index is 13.4. The average molecular weight is 484 g/mol. The van der Waals surface area contributed by atoms with Crippen LogP contribution in [0.4, 0.5) is 11.4 Å². The standard InChI is InChI=1S/C29H29N3O4/c1-30-28(34)24-17-18-25(26(33)20-36-19-21-11-5-2-6-12-21)32(27(24)29(30)35)31(22-13-7-3-8-14-22)23-15-9-4-10-16-23/h2-18,24-27,33H,19-20H2,1H3. The van der Waals surface area contributed by atoms with Crippen molar-refractivity contribution < 1.29 is 19.4 Å². The van der Waals surface area contributed by atoms with Crippen molar-refractivity contribution >= 4 is 23.2 Å². The van der Waals surface area contributed by atoms with Gasteiger partial charge in [0, 0.05) is 7.05 Å². The summed E-state index contributed by atoms with van der Waals surface area (Å²) in [5, 5.41) is 15.1. The number of carbonyl (C=O) groups excluding carboxylic acids is 2. The molecule has 1 fully saturated rings. The molecule has 0 bridgehead atoms. The molecule has 0 aliphatic carbocycles. The number of hydrogen-bond acceptors (Lipinski definition) is 6. The summed E-state index contributed by atoms with van der Waals surface area (Å²) in [6.45, 7) is 0.425. The minimum absolute atomic E-state index is 0.0627. The molecule has 2 amide bonds. The highest BCUT2D eigenvalue weighted by Gasteiger charge is 2.54. The predicted molar refractivity (Wildman–Crippen MR) is 137 cm³/mol. The van der Waals surface area contributed by atoms with Gasteiger partial charge in [0.1, 0.15) is 6.04 Å². The Morgan fingerprint density at radius 3 is 1.97 bits per heavy atom. The van der Waals surface area contributed by atoms with Gasteiger partial charge in [-0.2, -0.15) is 5.01 Å². The Kier molecular flexibility index (Phi) is 6.95. The van der Waals surface area contributed by atoms with Gasteiger partial charge in [0.2, 0.25) is 11.8 Å². The van der Waals surface area contributed by atoms with Gasteiger partial charge >= 0.3 is 0 Å². The summed E-state index contributed by atoms with van der Waals surface area (Å²) in [5.74, 6) is -1.18. The van der Waals surface area contributed by atoms with Crippen molar-refractivity contribution in [1.29, 1.82) is 0 Å². The van der Waals surface area contributed by atoms with E-state index >= 15 is 0 Å². The number of imide groups is 1. The summed E-state index contributed by atoms with van der Waals surface area (Å²) in [6.07, 6.45) is 2.63. The second-order valence-electron chi connectivity index (χ2n) is 9.01. The van der Waals surface area contributed by atoms with E-state index in [0.717, 1.165) is 16.9 Å². The first-order valence-electron chi connectivity index (χ1n) is 12.0. The Morgan fingerprint density at radius 2 is 1.39 bits per heavy atom. The molecule has 0 radical (unpaired) electrons. The quantitative estimate of drug-likeness (QED) is 0.390. The topological polar surface area (TPSA) is 73.3 Å². The zero-order valence-corrected chi connectivity index (χ0v) is 20.1. The normalized spacial score (nSPS) is 22.5. The van der Waals surface area contributed by atoms with E-state index in [4.69, 9.17) is 4.74 Å². The Balaban J connectivity index is 1.52. The zero-order valence-electron chi connectivity index (χ0n) is 20.1. The minimum atomic E-state index is -0.949. The summed E-state index contributed by atoms with van der Waals surface area (Å²) in [5.41, 5.74) is 2.64. The SMILES string of the molecule is CN1C(=O)C2C=CC(C(O)COCc3ccccc3)N(N(c3ccccc3)c3ccccc3)C2C1=O. The van der Waals surface area contributed by atoms with Crippen molar-refractivity contribution in [3.8, 4) is 0 Å². The molecule has 0 saturated carbocycles. The highest BCUT2D eigenvalue weighted by Crippen LogP contribution is 2.38. The molecule has 7 heteroatoms. The summed E-state index contributed by atoms with van der Waals surface area (Å²) >= 11 is 0. The fourth-order valence-corrected chi connectivity index (χ4v) is 4.88. The number of fused-ring (bicyclic) bond motifs is 1. The van der Waals surface area contributed by atoms with Gasteiger partial charge in [0.25, 0.3) is 0 Å². The summed E-state index contributed by atoms with van der Waals surface area (Å²) in [7, 11) is 1.51. The highest BCUT2D eigenvalue weighted by atomic mass is 16.5. The first-order chi connectivity index (χ1) is 17.6. The third kappa shape index (κ3) is 4.56. The van der Waals surface area contributed by atoms with Crippen molar-refractivity contribution in [1.82, 2.24) is 9.91 Å². The molecule has 1 N–H and O–H groups in total. The number of hydrazine groups is 1. The summed E-state index contributed by atoms with van der Waals surface area (Å²) in [6, 6.07) is 27.7. The lowest BCUT2D eigenvalue weighted by Gasteiger charge is -2.47. The second kappa shape index (κ2) is 10.5. The molecule has 0 aromatic heterocycles. The zero-order chi connectivity index (χ0) is 25.1. The van der Waals surface area contributed by atoms with Gasteiger partial charge in [-0.1, -0.05) is 78.9 Å². The Bertz CT molecular complexity index is 1180. The third-order valence-electron chi connectivity index (χ3n) is 6.67. The molecule has 1 saturated heterocycles. The van der Waals surface area contributed by atoms with Gasteiger partial charge in [-0.3, -0.25) is 19.5 Å². The highest BCUT2D eigenvalue weighted by molar-refractivity contribution is 6.08. The van der Waals surface area contributed by atoms with Crippen LogP contribution < -0.4 is 5.01 Å². The van der Waals surface area contributed by atoms with E-state index in [-0.39, 0.29) is 18.4 Å². The van der Waals surface area contributed by atoms with Gasteiger partial charge in [-0.25, -0.2) is 0 Å². The van der Waals surface area contributed by atoms with Crippen molar-refractivity contribution in [2.75, 3.05) is 18.7 Å². The van der Waals surface area contributed by atoms with Crippen LogP contribution in [0.5, 0.6) is 0 Å². The molecular weight excluding hydrogens is 454 g/mol. The number of aliphatic hydroxyl groups is 1. The Hall–Kier alpha value is -3.78. The van der Waals surface area contributed by atoms with Crippen LogP contribution in [0.15, 0.2) is 103 Å². The molecule has 5 rings (SSSR count). The lowest BCUT2D eigenvalue weighted by molar-refractivity contribution is -0.138. The van der Waals surface area contributed by atoms with Crippen LogP contribution in [-0.2, 0) is 20.9 Å². The van der Waals surface area contributed by atoms with E-state index in [1.807, 2.05) is 107 Å². The molecule has 4 unspecified atom stereocenters. The maximum atomic E-state index is 13.4. The van der Waals surface area contributed by atoms with Crippen molar-refractivity contribution in [3.63, 3.8) is 0 Å². The molecule has 36 heavy (non-hydrogen) atoms. The number of nitrogens with zero attached hydrogens (tertiary/aromatic N) is 3. The molecule has 7 nitrogen and oxygen atoms in total. The van der Waals surface area contributed by atoms with Crippen molar-refractivity contribution in [2.24, 2.45) is 5.92 Å². The number of carbonyl (C=O) groups is 2. The average Bonchev–Trinajstić information content (AvgIpc) is 3.14. The second-order valence-corrected chi connectivity index (χ2v) is 9.01. The molecule has 3 aromatic rings. The number of likely N-dealkylation sites (N-methyl/N-ethyl adjacent to an activating group) is 1. The van der Waals surface area contributed by atoms with Gasteiger partial charge in [0.15, 0.2) is 0 Å². The molecule has 0 spiro atoms. The van der Waals surface area contributed by atoms with E-state index in [1.165, 1.54) is 11.9 Å². The monoisotopic (exact) mass is 483 g/mol. The smallest absolute Gasteiger partial charge is 0.249 e. The predicted octanol–water partition coefficient (Wildman–Crippen LogP) is 3.54. The van der Waals surface area contributed by atoms with Crippen LogP contribution in [0.25, 0.3) is 0 Å². The van der Waals surface area contributed by atoms with Crippen LogP contribution in [-0.4, -0.2) is 58.7 Å². The van der Waals surface area contributed by atoms with E-state index in [1.54, 1.807) is 6.08 Å². The number of anilines is 2. The van der Waals surface area contributed by atoms with E-state index in [0.29, 0.717) is 6.61 Å². The number of likely N-dealkylation sites (tertiary alicyclic amines) is 1. The van der Waals surface area contributed by atoms with E-state index in [9.17, 15) is 14.7 Å². The van der Waals surface area contributed by atoms with Crippen LogP contribution >= 0.6 is 0 Å². The van der Waals surface area contributed by atoms with E-state index < -0.39 is 24.1 Å².